The van der Waals surface area contributed by atoms with Crippen molar-refractivity contribution in [2.75, 3.05) is 18.4 Å². The third kappa shape index (κ3) is 5.64. The summed E-state index contributed by atoms with van der Waals surface area (Å²) in [5.41, 5.74) is 1.88. The van der Waals surface area contributed by atoms with Gasteiger partial charge in [-0.3, -0.25) is 15.0 Å². The van der Waals surface area contributed by atoms with Crippen LogP contribution in [0.25, 0.3) is 6.08 Å². The van der Waals surface area contributed by atoms with Gasteiger partial charge in [-0.1, -0.05) is 23.7 Å². The molecule has 1 aromatic heterocycles. The van der Waals surface area contributed by atoms with Gasteiger partial charge in [-0.25, -0.2) is 4.98 Å². The van der Waals surface area contributed by atoms with Crippen molar-refractivity contribution in [3.63, 3.8) is 0 Å². The lowest BCUT2D eigenvalue weighted by Gasteiger charge is -2.34. The number of anilines is 1. The van der Waals surface area contributed by atoms with Crippen LogP contribution in [0.3, 0.4) is 0 Å². The van der Waals surface area contributed by atoms with Crippen LogP contribution in [0.5, 0.6) is 0 Å². The van der Waals surface area contributed by atoms with Crippen LogP contribution in [0.1, 0.15) is 25.1 Å². The molecule has 2 aromatic rings. The van der Waals surface area contributed by atoms with Gasteiger partial charge in [0.2, 0.25) is 5.91 Å². The van der Waals surface area contributed by atoms with Crippen molar-refractivity contribution in [3.05, 3.63) is 52.0 Å². The molecule has 0 radical (unpaired) electrons. The number of morpholine rings is 1. The number of amides is 1. The largest absolute Gasteiger partial charge is 0.373 e. The summed E-state index contributed by atoms with van der Waals surface area (Å²) in [4.78, 5) is 18.9. The molecule has 0 spiro atoms. The van der Waals surface area contributed by atoms with Crippen molar-refractivity contribution >= 4 is 40.1 Å². The Balaban J connectivity index is 1.52. The van der Waals surface area contributed by atoms with Crippen molar-refractivity contribution in [1.82, 2.24) is 9.88 Å². The summed E-state index contributed by atoms with van der Waals surface area (Å²) < 4.78 is 5.75. The van der Waals surface area contributed by atoms with E-state index in [0.717, 1.165) is 30.9 Å². The Labute approximate surface area is 162 Å². The first-order valence-corrected chi connectivity index (χ1v) is 9.80. The number of hydrogen-bond acceptors (Lipinski definition) is 5. The highest BCUT2D eigenvalue weighted by Crippen LogP contribution is 2.19. The molecular weight excluding hydrogens is 370 g/mol. The molecule has 2 unspecified atom stereocenters. The first-order valence-electron chi connectivity index (χ1n) is 8.55. The average molecular weight is 392 g/mol. The highest BCUT2D eigenvalue weighted by molar-refractivity contribution is 7.13. The molecule has 1 aliphatic rings. The Hall–Kier alpha value is -1.73. The first-order chi connectivity index (χ1) is 12.5. The highest BCUT2D eigenvalue weighted by Gasteiger charge is 2.22. The summed E-state index contributed by atoms with van der Waals surface area (Å²) >= 11 is 7.29. The normalized spacial score (nSPS) is 21.2. The van der Waals surface area contributed by atoms with E-state index in [1.54, 1.807) is 18.2 Å². The van der Waals surface area contributed by atoms with Gasteiger partial charge >= 0.3 is 0 Å². The number of hydrogen-bond donors (Lipinski definition) is 1. The van der Waals surface area contributed by atoms with Crippen molar-refractivity contribution < 1.29 is 9.53 Å². The van der Waals surface area contributed by atoms with E-state index in [9.17, 15) is 4.79 Å². The Kier molecular flexibility index (Phi) is 6.43. The van der Waals surface area contributed by atoms with Crippen LogP contribution >= 0.6 is 22.9 Å². The van der Waals surface area contributed by atoms with Crippen LogP contribution in [-0.4, -0.2) is 41.1 Å². The Morgan fingerprint density at radius 3 is 2.73 bits per heavy atom. The number of carbonyl (C=O) groups is 1. The second kappa shape index (κ2) is 8.77. The van der Waals surface area contributed by atoms with Crippen molar-refractivity contribution in [2.24, 2.45) is 0 Å². The molecule has 1 N–H and O–H groups in total. The van der Waals surface area contributed by atoms with Gasteiger partial charge in [-0.15, -0.1) is 11.3 Å². The minimum absolute atomic E-state index is 0.200. The molecule has 1 fully saturated rings. The van der Waals surface area contributed by atoms with Crippen molar-refractivity contribution in [1.29, 1.82) is 0 Å². The molecule has 7 heteroatoms. The predicted molar refractivity (Wildman–Crippen MR) is 107 cm³/mol. The van der Waals surface area contributed by atoms with Crippen LogP contribution in [0.15, 0.2) is 35.7 Å². The lowest BCUT2D eigenvalue weighted by Crippen LogP contribution is -2.44. The number of carbonyl (C=O) groups excluding carboxylic acids is 1. The van der Waals surface area contributed by atoms with Gasteiger partial charge in [0.15, 0.2) is 5.13 Å². The van der Waals surface area contributed by atoms with E-state index in [2.05, 4.69) is 29.0 Å². The Morgan fingerprint density at radius 2 is 2.04 bits per heavy atom. The molecule has 1 saturated heterocycles. The molecule has 0 bridgehead atoms. The molecule has 1 aromatic carbocycles. The van der Waals surface area contributed by atoms with E-state index in [1.165, 1.54) is 17.4 Å². The molecule has 1 amide bonds. The van der Waals surface area contributed by atoms with E-state index in [4.69, 9.17) is 16.3 Å². The summed E-state index contributed by atoms with van der Waals surface area (Å²) in [6.45, 7) is 6.73. The smallest absolute Gasteiger partial charge is 0.250 e. The van der Waals surface area contributed by atoms with Crippen LogP contribution in [0, 0.1) is 0 Å². The number of nitrogens with one attached hydrogen (secondary N) is 1. The molecule has 1 aliphatic heterocycles. The Bertz CT molecular complexity index is 765. The first kappa shape index (κ1) is 19.0. The van der Waals surface area contributed by atoms with E-state index < -0.39 is 0 Å². The lowest BCUT2D eigenvalue weighted by molar-refractivity contribution is -0.111. The standard InChI is InChI=1S/C19H22ClN3O2S/c1-13-9-23(10-14(2)25-13)11-17-12-26-19(21-17)22-18(24)8-5-15-3-6-16(20)7-4-15/h3-8,12-14H,9-11H2,1-2H3,(H,21,22,24)/b8-5+. The van der Waals surface area contributed by atoms with E-state index in [0.29, 0.717) is 10.2 Å². The summed E-state index contributed by atoms with van der Waals surface area (Å²) in [7, 11) is 0. The molecular formula is C19H22ClN3O2S. The summed E-state index contributed by atoms with van der Waals surface area (Å²) in [6.07, 6.45) is 3.70. The van der Waals surface area contributed by atoms with Crippen LogP contribution in [-0.2, 0) is 16.1 Å². The van der Waals surface area contributed by atoms with E-state index in [1.807, 2.05) is 17.5 Å². The van der Waals surface area contributed by atoms with Crippen molar-refractivity contribution in [2.45, 2.75) is 32.6 Å². The SMILES string of the molecule is CC1CN(Cc2csc(NC(=O)/C=C/c3ccc(Cl)cc3)n2)CC(C)O1. The maximum Gasteiger partial charge on any atom is 0.250 e. The minimum Gasteiger partial charge on any atom is -0.373 e. The van der Waals surface area contributed by atoms with Gasteiger partial charge in [0.1, 0.15) is 0 Å². The molecule has 3 rings (SSSR count). The van der Waals surface area contributed by atoms with Gasteiger partial charge in [0.05, 0.1) is 17.9 Å². The fraction of sp³-hybridized carbons (Fsp3) is 0.368. The van der Waals surface area contributed by atoms with Gasteiger partial charge < -0.3 is 4.74 Å². The third-order valence-corrected chi connectivity index (χ3v) is 5.02. The zero-order valence-electron chi connectivity index (χ0n) is 14.8. The predicted octanol–water partition coefficient (Wildman–Crippen LogP) is 4.06. The monoisotopic (exact) mass is 391 g/mol. The van der Waals surface area contributed by atoms with Gasteiger partial charge in [-0.2, -0.15) is 0 Å². The number of benzene rings is 1. The minimum atomic E-state index is -0.200. The summed E-state index contributed by atoms with van der Waals surface area (Å²) in [5.74, 6) is -0.200. The number of thiazole rings is 1. The zero-order chi connectivity index (χ0) is 18.5. The fourth-order valence-electron chi connectivity index (χ4n) is 2.97. The molecule has 0 aliphatic carbocycles. The van der Waals surface area contributed by atoms with Gasteiger partial charge in [-0.05, 0) is 37.6 Å². The van der Waals surface area contributed by atoms with Crippen LogP contribution < -0.4 is 5.32 Å². The number of rotatable bonds is 5. The second-order valence-electron chi connectivity index (χ2n) is 6.47. The van der Waals surface area contributed by atoms with Gasteiger partial charge in [0, 0.05) is 36.1 Å². The van der Waals surface area contributed by atoms with Gasteiger partial charge in [0.25, 0.3) is 0 Å². The average Bonchev–Trinajstić information content (AvgIpc) is 3.00. The molecule has 26 heavy (non-hydrogen) atoms. The zero-order valence-corrected chi connectivity index (χ0v) is 16.4. The topological polar surface area (TPSA) is 54.5 Å². The van der Waals surface area contributed by atoms with Crippen LogP contribution in [0.2, 0.25) is 5.02 Å². The number of ether oxygens (including phenoxy) is 1. The van der Waals surface area contributed by atoms with E-state index in [-0.39, 0.29) is 18.1 Å². The molecule has 2 heterocycles. The quantitative estimate of drug-likeness (QED) is 0.781. The Morgan fingerprint density at radius 1 is 1.35 bits per heavy atom. The van der Waals surface area contributed by atoms with Crippen molar-refractivity contribution in [3.8, 4) is 0 Å². The molecule has 5 nitrogen and oxygen atoms in total. The molecule has 0 saturated carbocycles. The fourth-order valence-corrected chi connectivity index (χ4v) is 3.80. The maximum absolute atomic E-state index is 12.1. The van der Waals surface area contributed by atoms with Crippen LogP contribution in [0.4, 0.5) is 5.13 Å². The number of aromatic nitrogens is 1. The second-order valence-corrected chi connectivity index (χ2v) is 7.76. The van der Waals surface area contributed by atoms with E-state index >= 15 is 0 Å². The third-order valence-electron chi connectivity index (χ3n) is 3.96. The number of nitrogens with zero attached hydrogens (tertiary/aromatic N) is 2. The number of halogens is 1. The highest BCUT2D eigenvalue weighted by atomic mass is 35.5. The molecule has 2 atom stereocenters. The maximum atomic E-state index is 12.1. The summed E-state index contributed by atoms with van der Waals surface area (Å²) in [5, 5.41) is 6.08. The molecule has 138 valence electrons. The lowest BCUT2D eigenvalue weighted by atomic mass is 10.2. The summed E-state index contributed by atoms with van der Waals surface area (Å²) in [6, 6.07) is 7.30.